The molecule has 3 aromatic rings. The highest BCUT2D eigenvalue weighted by molar-refractivity contribution is 7.91. The minimum atomic E-state index is -3.06. The second-order valence-electron chi connectivity index (χ2n) is 9.72. The number of benzene rings is 2. The molecule has 1 aliphatic carbocycles. The van der Waals surface area contributed by atoms with Crippen molar-refractivity contribution in [1.82, 2.24) is 4.90 Å². The summed E-state index contributed by atoms with van der Waals surface area (Å²) < 4.78 is 37.3. The molecular formula is C28H33NO5S2. The van der Waals surface area contributed by atoms with Gasteiger partial charge in [-0.25, -0.2) is 8.42 Å². The highest BCUT2D eigenvalue weighted by Crippen LogP contribution is 2.47. The molecule has 1 saturated heterocycles. The second kappa shape index (κ2) is 10.8. The Bertz CT molecular complexity index is 1340. The Morgan fingerprint density at radius 2 is 1.81 bits per heavy atom. The van der Waals surface area contributed by atoms with Crippen LogP contribution in [0.25, 0.3) is 15.7 Å². The van der Waals surface area contributed by atoms with Gasteiger partial charge in [-0.05, 0) is 93.2 Å². The first-order valence-electron chi connectivity index (χ1n) is 12.6. The largest absolute Gasteiger partial charge is 0.508 e. The van der Waals surface area contributed by atoms with Crippen LogP contribution in [0.1, 0.15) is 43.4 Å². The number of phenols is 1. The molecule has 0 amide bonds. The number of nitrogens with zero attached hydrogens (tertiary/aromatic N) is 1. The molecule has 1 N–H and O–H groups in total. The highest BCUT2D eigenvalue weighted by Gasteiger charge is 2.26. The summed E-state index contributed by atoms with van der Waals surface area (Å²) >= 11 is 1.57. The number of sulfone groups is 1. The van der Waals surface area contributed by atoms with Crippen molar-refractivity contribution < 1.29 is 23.0 Å². The third-order valence-corrected chi connectivity index (χ3v) is 9.91. The Morgan fingerprint density at radius 3 is 2.50 bits per heavy atom. The van der Waals surface area contributed by atoms with E-state index in [4.69, 9.17) is 9.47 Å². The number of ether oxygens (including phenoxy) is 2. The molecule has 36 heavy (non-hydrogen) atoms. The first-order chi connectivity index (χ1) is 17.4. The van der Waals surface area contributed by atoms with E-state index < -0.39 is 9.84 Å². The molecule has 1 aromatic heterocycles. The lowest BCUT2D eigenvalue weighted by Crippen LogP contribution is -2.33. The second-order valence-corrected chi connectivity index (χ2v) is 13.1. The summed E-state index contributed by atoms with van der Waals surface area (Å²) in [5.41, 5.74) is 1.10. The Hall–Kier alpha value is -2.55. The van der Waals surface area contributed by atoms with Crippen LogP contribution in [0.5, 0.6) is 23.0 Å². The zero-order valence-corrected chi connectivity index (χ0v) is 22.2. The molecular weight excluding hydrogens is 494 g/mol. The summed E-state index contributed by atoms with van der Waals surface area (Å²) in [7, 11) is -3.06. The molecule has 1 aliphatic heterocycles. The number of thiophene rings is 1. The molecule has 6 nitrogen and oxygen atoms in total. The van der Waals surface area contributed by atoms with Gasteiger partial charge in [0.15, 0.2) is 15.6 Å². The SMILES string of the molecule is CS(=O)(=O)C1CC=C(c2sc3cc(O)ccc3c2Oc2ccc(OCCN3CCCCC3)cc2)CC1. The maximum absolute atomic E-state index is 12.0. The zero-order valence-electron chi connectivity index (χ0n) is 20.6. The third kappa shape index (κ3) is 5.88. The molecule has 5 rings (SSSR count). The summed E-state index contributed by atoms with van der Waals surface area (Å²) in [6, 6.07) is 13.0. The van der Waals surface area contributed by atoms with Crippen LogP contribution in [-0.2, 0) is 9.84 Å². The Labute approximate surface area is 217 Å². The maximum atomic E-state index is 12.0. The zero-order chi connectivity index (χ0) is 25.1. The van der Waals surface area contributed by atoms with Crippen LogP contribution < -0.4 is 9.47 Å². The Kier molecular flexibility index (Phi) is 7.55. The quantitative estimate of drug-likeness (QED) is 0.373. The summed E-state index contributed by atoms with van der Waals surface area (Å²) in [6.07, 6.45) is 9.03. The van der Waals surface area contributed by atoms with Crippen LogP contribution in [0, 0.1) is 0 Å². The lowest BCUT2D eigenvalue weighted by Gasteiger charge is -2.26. The molecule has 192 valence electrons. The van der Waals surface area contributed by atoms with E-state index in [0.717, 1.165) is 51.7 Å². The van der Waals surface area contributed by atoms with Crippen LogP contribution >= 0.6 is 11.3 Å². The van der Waals surface area contributed by atoms with Crippen LogP contribution in [0.3, 0.4) is 0 Å². The van der Waals surface area contributed by atoms with E-state index in [1.807, 2.05) is 36.4 Å². The first-order valence-corrected chi connectivity index (χ1v) is 15.4. The van der Waals surface area contributed by atoms with E-state index in [2.05, 4.69) is 4.90 Å². The predicted octanol–water partition coefficient (Wildman–Crippen LogP) is 6.24. The van der Waals surface area contributed by atoms with Gasteiger partial charge in [-0.3, -0.25) is 4.90 Å². The number of hydrogen-bond acceptors (Lipinski definition) is 7. The third-order valence-electron chi connectivity index (χ3n) is 7.06. The van der Waals surface area contributed by atoms with Gasteiger partial charge in [0.2, 0.25) is 0 Å². The number of hydrogen-bond donors (Lipinski definition) is 1. The molecule has 0 saturated carbocycles. The van der Waals surface area contributed by atoms with Crippen molar-refractivity contribution in [3.8, 4) is 23.0 Å². The van der Waals surface area contributed by atoms with Gasteiger partial charge in [0.05, 0.1) is 10.1 Å². The van der Waals surface area contributed by atoms with E-state index >= 15 is 0 Å². The molecule has 1 fully saturated rings. The lowest BCUT2D eigenvalue weighted by atomic mass is 9.97. The van der Waals surface area contributed by atoms with Crippen molar-refractivity contribution in [2.24, 2.45) is 0 Å². The highest BCUT2D eigenvalue weighted by atomic mass is 32.2. The standard InChI is InChI=1S/C28H33NO5S2/c1-36(31,32)24-12-5-20(6-13-24)28-27(25-14-7-21(30)19-26(25)35-28)34-23-10-8-22(9-11-23)33-18-17-29-15-3-2-4-16-29/h5,7-11,14,19,24,30H,2-4,6,12-13,15-18H2,1H3. The molecule has 1 atom stereocenters. The molecule has 8 heteroatoms. The number of phenolic OH excluding ortho intramolecular Hbond substituents is 1. The Balaban J connectivity index is 1.32. The summed E-state index contributed by atoms with van der Waals surface area (Å²) in [6.45, 7) is 3.95. The minimum Gasteiger partial charge on any atom is -0.508 e. The van der Waals surface area contributed by atoms with Crippen molar-refractivity contribution in [3.05, 3.63) is 53.4 Å². The van der Waals surface area contributed by atoms with Gasteiger partial charge in [-0.1, -0.05) is 12.5 Å². The molecule has 2 aromatic carbocycles. The Morgan fingerprint density at radius 1 is 1.06 bits per heavy atom. The van der Waals surface area contributed by atoms with Gasteiger partial charge < -0.3 is 14.6 Å². The summed E-state index contributed by atoms with van der Waals surface area (Å²) in [5, 5.41) is 10.6. The van der Waals surface area contributed by atoms with Gasteiger partial charge in [0.25, 0.3) is 0 Å². The van der Waals surface area contributed by atoms with Crippen molar-refractivity contribution in [3.63, 3.8) is 0 Å². The normalized spacial score (nSPS) is 19.2. The summed E-state index contributed by atoms with van der Waals surface area (Å²) in [4.78, 5) is 3.45. The monoisotopic (exact) mass is 527 g/mol. The van der Waals surface area contributed by atoms with Gasteiger partial charge in [-0.15, -0.1) is 11.3 Å². The van der Waals surface area contributed by atoms with E-state index in [-0.39, 0.29) is 11.0 Å². The predicted molar refractivity (Wildman–Crippen MR) is 146 cm³/mol. The van der Waals surface area contributed by atoms with Crippen LogP contribution in [-0.4, -0.2) is 56.2 Å². The molecule has 0 radical (unpaired) electrons. The first kappa shape index (κ1) is 25.1. The summed E-state index contributed by atoms with van der Waals surface area (Å²) in [5.74, 6) is 2.49. The van der Waals surface area contributed by atoms with Crippen molar-refractivity contribution in [2.45, 2.75) is 43.8 Å². The van der Waals surface area contributed by atoms with E-state index in [1.165, 1.54) is 25.5 Å². The number of piperidine rings is 1. The fourth-order valence-corrected chi connectivity index (χ4v) is 7.20. The average molecular weight is 528 g/mol. The molecule has 2 heterocycles. The lowest BCUT2D eigenvalue weighted by molar-refractivity contribution is 0.183. The van der Waals surface area contributed by atoms with E-state index in [0.29, 0.717) is 31.6 Å². The van der Waals surface area contributed by atoms with Gasteiger partial charge in [-0.2, -0.15) is 0 Å². The number of aromatic hydroxyl groups is 1. The molecule has 0 spiro atoms. The minimum absolute atomic E-state index is 0.211. The molecule has 1 unspecified atom stereocenters. The van der Waals surface area contributed by atoms with Crippen molar-refractivity contribution in [1.29, 1.82) is 0 Å². The number of allylic oxidation sites excluding steroid dienone is 2. The van der Waals surface area contributed by atoms with Gasteiger partial charge >= 0.3 is 0 Å². The number of rotatable bonds is 8. The average Bonchev–Trinajstić information content (AvgIpc) is 3.22. The smallest absolute Gasteiger partial charge is 0.153 e. The fraction of sp³-hybridized carbons (Fsp3) is 0.429. The van der Waals surface area contributed by atoms with Crippen LogP contribution in [0.15, 0.2) is 48.5 Å². The number of likely N-dealkylation sites (tertiary alicyclic amines) is 1. The topological polar surface area (TPSA) is 76.1 Å². The van der Waals surface area contributed by atoms with Gasteiger partial charge in [0, 0.05) is 22.9 Å². The van der Waals surface area contributed by atoms with Crippen LogP contribution in [0.4, 0.5) is 0 Å². The maximum Gasteiger partial charge on any atom is 0.153 e. The van der Waals surface area contributed by atoms with E-state index in [1.54, 1.807) is 23.5 Å². The molecule has 2 aliphatic rings. The van der Waals surface area contributed by atoms with Crippen LogP contribution in [0.2, 0.25) is 0 Å². The van der Waals surface area contributed by atoms with E-state index in [9.17, 15) is 13.5 Å². The van der Waals surface area contributed by atoms with Gasteiger partial charge in [0.1, 0.15) is 23.9 Å². The fourth-order valence-electron chi connectivity index (χ4n) is 4.98. The number of fused-ring (bicyclic) bond motifs is 1. The van der Waals surface area contributed by atoms with Crippen molar-refractivity contribution in [2.75, 3.05) is 32.5 Å². The van der Waals surface area contributed by atoms with Crippen molar-refractivity contribution >= 4 is 36.8 Å². The molecule has 0 bridgehead atoms.